The highest BCUT2D eigenvalue weighted by atomic mass is 35.5. The predicted molar refractivity (Wildman–Crippen MR) is 77.0 cm³/mol. The Kier molecular flexibility index (Phi) is 7.40. The highest BCUT2D eigenvalue weighted by Gasteiger charge is 2.18. The standard InChI is InChI=1S/C13H15ClFNO3S/c14-9-3-5-10(6-4-9)20-7-1-2-12(17)16-11(8-15)13(18)19/h3-6,11H,1-2,7-8H2,(H,16,17)(H,18,19). The van der Waals surface area contributed by atoms with Gasteiger partial charge in [0.25, 0.3) is 0 Å². The molecule has 1 amide bonds. The van der Waals surface area contributed by atoms with E-state index in [9.17, 15) is 14.0 Å². The van der Waals surface area contributed by atoms with Crippen LogP contribution in [0.25, 0.3) is 0 Å². The van der Waals surface area contributed by atoms with Gasteiger partial charge in [0.15, 0.2) is 6.04 Å². The summed E-state index contributed by atoms with van der Waals surface area (Å²) in [6, 6.07) is 5.89. The van der Waals surface area contributed by atoms with Gasteiger partial charge in [0.1, 0.15) is 6.67 Å². The molecule has 0 saturated carbocycles. The molecule has 0 heterocycles. The molecule has 7 heteroatoms. The molecule has 0 saturated heterocycles. The van der Waals surface area contributed by atoms with Gasteiger partial charge in [-0.2, -0.15) is 0 Å². The molecule has 0 fully saturated rings. The molecule has 0 aromatic heterocycles. The van der Waals surface area contributed by atoms with Crippen LogP contribution in [0.4, 0.5) is 4.39 Å². The van der Waals surface area contributed by atoms with E-state index in [4.69, 9.17) is 16.7 Å². The average Bonchev–Trinajstić information content (AvgIpc) is 2.42. The van der Waals surface area contributed by atoms with Gasteiger partial charge in [-0.15, -0.1) is 11.8 Å². The van der Waals surface area contributed by atoms with E-state index in [-0.39, 0.29) is 6.42 Å². The summed E-state index contributed by atoms with van der Waals surface area (Å²) in [5, 5.41) is 11.4. The summed E-state index contributed by atoms with van der Waals surface area (Å²) < 4.78 is 12.3. The van der Waals surface area contributed by atoms with Crippen molar-refractivity contribution < 1.29 is 19.1 Å². The summed E-state index contributed by atoms with van der Waals surface area (Å²) in [6.45, 7) is -1.11. The lowest BCUT2D eigenvalue weighted by molar-refractivity contribution is -0.142. The zero-order valence-corrected chi connectivity index (χ0v) is 12.2. The molecule has 0 radical (unpaired) electrons. The van der Waals surface area contributed by atoms with Gasteiger partial charge in [0, 0.05) is 16.3 Å². The molecule has 1 rings (SSSR count). The first kappa shape index (κ1) is 16.8. The molecular weight excluding hydrogens is 305 g/mol. The third-order valence-corrected chi connectivity index (χ3v) is 3.77. The van der Waals surface area contributed by atoms with Crippen LogP contribution in [0.5, 0.6) is 0 Å². The lowest BCUT2D eigenvalue weighted by Crippen LogP contribution is -2.42. The van der Waals surface area contributed by atoms with Gasteiger partial charge in [-0.05, 0) is 36.4 Å². The van der Waals surface area contributed by atoms with E-state index in [0.717, 1.165) is 4.90 Å². The Morgan fingerprint density at radius 2 is 2.00 bits per heavy atom. The first-order valence-electron chi connectivity index (χ1n) is 5.99. The molecule has 0 spiro atoms. The Morgan fingerprint density at radius 3 is 2.55 bits per heavy atom. The van der Waals surface area contributed by atoms with Crippen molar-refractivity contribution in [3.05, 3.63) is 29.3 Å². The number of rotatable bonds is 8. The first-order chi connectivity index (χ1) is 9.52. The number of alkyl halides is 1. The van der Waals surface area contributed by atoms with Crippen LogP contribution in [-0.4, -0.2) is 35.5 Å². The minimum Gasteiger partial charge on any atom is -0.480 e. The molecule has 1 atom stereocenters. The molecule has 1 unspecified atom stereocenters. The number of thioether (sulfide) groups is 1. The number of carboxylic acids is 1. The quantitative estimate of drug-likeness (QED) is 0.571. The van der Waals surface area contributed by atoms with Gasteiger partial charge < -0.3 is 10.4 Å². The van der Waals surface area contributed by atoms with Gasteiger partial charge in [-0.3, -0.25) is 4.79 Å². The van der Waals surface area contributed by atoms with E-state index in [1.807, 2.05) is 12.1 Å². The van der Waals surface area contributed by atoms with Gasteiger partial charge in [0.2, 0.25) is 5.91 Å². The number of carboxylic acid groups (broad SMARTS) is 1. The highest BCUT2D eigenvalue weighted by molar-refractivity contribution is 7.99. The first-order valence-corrected chi connectivity index (χ1v) is 7.35. The van der Waals surface area contributed by atoms with Crippen molar-refractivity contribution in [1.29, 1.82) is 0 Å². The number of aliphatic carboxylic acids is 1. The highest BCUT2D eigenvalue weighted by Crippen LogP contribution is 2.21. The molecule has 0 bridgehead atoms. The fourth-order valence-electron chi connectivity index (χ4n) is 1.39. The summed E-state index contributed by atoms with van der Waals surface area (Å²) >= 11 is 7.33. The van der Waals surface area contributed by atoms with Crippen molar-refractivity contribution >= 4 is 35.2 Å². The second-order valence-corrected chi connectivity index (χ2v) is 5.62. The number of halogens is 2. The van der Waals surface area contributed by atoms with Crippen LogP contribution >= 0.6 is 23.4 Å². The van der Waals surface area contributed by atoms with E-state index in [0.29, 0.717) is 17.2 Å². The normalized spacial score (nSPS) is 11.9. The van der Waals surface area contributed by atoms with Crippen LogP contribution in [0.1, 0.15) is 12.8 Å². The van der Waals surface area contributed by atoms with Gasteiger partial charge in [-0.25, -0.2) is 9.18 Å². The average molecular weight is 320 g/mol. The Hall–Kier alpha value is -1.27. The van der Waals surface area contributed by atoms with Crippen molar-refractivity contribution in [2.24, 2.45) is 0 Å². The van der Waals surface area contributed by atoms with E-state index >= 15 is 0 Å². The summed E-state index contributed by atoms with van der Waals surface area (Å²) in [4.78, 5) is 23.0. The molecule has 0 aliphatic heterocycles. The van der Waals surface area contributed by atoms with E-state index in [2.05, 4.69) is 5.32 Å². The Labute approximate surface area is 125 Å². The molecule has 1 aromatic carbocycles. The molecule has 2 N–H and O–H groups in total. The van der Waals surface area contributed by atoms with Crippen LogP contribution in [0, 0.1) is 0 Å². The second kappa shape index (κ2) is 8.81. The molecule has 4 nitrogen and oxygen atoms in total. The van der Waals surface area contributed by atoms with Crippen molar-refractivity contribution in [2.75, 3.05) is 12.4 Å². The zero-order valence-electron chi connectivity index (χ0n) is 10.6. The second-order valence-electron chi connectivity index (χ2n) is 4.02. The van der Waals surface area contributed by atoms with E-state index < -0.39 is 24.6 Å². The summed E-state index contributed by atoms with van der Waals surface area (Å²) in [7, 11) is 0. The van der Waals surface area contributed by atoms with Crippen LogP contribution in [-0.2, 0) is 9.59 Å². The SMILES string of the molecule is O=C(CCCSc1ccc(Cl)cc1)NC(CF)C(=O)O. The maximum atomic E-state index is 12.3. The maximum Gasteiger partial charge on any atom is 0.328 e. The Morgan fingerprint density at radius 1 is 1.35 bits per heavy atom. The topological polar surface area (TPSA) is 66.4 Å². The number of hydrogen-bond donors (Lipinski definition) is 2. The van der Waals surface area contributed by atoms with Crippen LogP contribution in [0.2, 0.25) is 5.02 Å². The van der Waals surface area contributed by atoms with Crippen molar-refractivity contribution in [2.45, 2.75) is 23.8 Å². The largest absolute Gasteiger partial charge is 0.480 e. The molecule has 1 aromatic rings. The molecule has 110 valence electrons. The predicted octanol–water partition coefficient (Wildman–Crippen LogP) is 2.75. The van der Waals surface area contributed by atoms with Crippen molar-refractivity contribution in [3.63, 3.8) is 0 Å². The van der Waals surface area contributed by atoms with Crippen molar-refractivity contribution in [3.8, 4) is 0 Å². The van der Waals surface area contributed by atoms with Crippen molar-refractivity contribution in [1.82, 2.24) is 5.32 Å². The number of carbonyl (C=O) groups excluding carboxylic acids is 1. The number of amides is 1. The molecule has 20 heavy (non-hydrogen) atoms. The smallest absolute Gasteiger partial charge is 0.328 e. The van der Waals surface area contributed by atoms with E-state index in [1.165, 1.54) is 0 Å². The van der Waals surface area contributed by atoms with E-state index in [1.54, 1.807) is 23.9 Å². The fourth-order valence-corrected chi connectivity index (χ4v) is 2.37. The van der Waals surface area contributed by atoms with Gasteiger partial charge in [0.05, 0.1) is 0 Å². The summed E-state index contributed by atoms with van der Waals surface area (Å²) in [6.07, 6.45) is 0.752. The number of hydrogen-bond acceptors (Lipinski definition) is 3. The van der Waals surface area contributed by atoms with Gasteiger partial charge in [-0.1, -0.05) is 11.6 Å². The molecular formula is C13H15ClFNO3S. The van der Waals surface area contributed by atoms with Crippen LogP contribution < -0.4 is 5.32 Å². The summed E-state index contributed by atoms with van der Waals surface area (Å²) in [5.74, 6) is -1.11. The minimum atomic E-state index is -1.45. The van der Waals surface area contributed by atoms with Crippen LogP contribution in [0.3, 0.4) is 0 Å². The Balaban J connectivity index is 2.22. The van der Waals surface area contributed by atoms with Crippen LogP contribution in [0.15, 0.2) is 29.2 Å². The third kappa shape index (κ3) is 6.25. The minimum absolute atomic E-state index is 0.171. The number of benzene rings is 1. The lowest BCUT2D eigenvalue weighted by atomic mass is 10.2. The lowest BCUT2D eigenvalue weighted by Gasteiger charge is -2.10. The summed E-state index contributed by atoms with van der Waals surface area (Å²) in [5.41, 5.74) is 0. The number of carbonyl (C=O) groups is 2. The molecule has 0 aliphatic rings. The fraction of sp³-hybridized carbons (Fsp3) is 0.385. The Bertz CT molecular complexity index is 455. The monoisotopic (exact) mass is 319 g/mol. The molecule has 0 aliphatic carbocycles. The maximum absolute atomic E-state index is 12.3. The zero-order chi connectivity index (χ0) is 15.0. The van der Waals surface area contributed by atoms with Gasteiger partial charge >= 0.3 is 5.97 Å². The number of nitrogens with one attached hydrogen (secondary N) is 1. The third-order valence-electron chi connectivity index (χ3n) is 2.42.